The molecule has 1 saturated carbocycles. The first-order valence-electron chi connectivity index (χ1n) is 10.6. The van der Waals surface area contributed by atoms with Gasteiger partial charge in [-0.1, -0.05) is 38.8 Å². The number of amides is 2. The van der Waals surface area contributed by atoms with Gasteiger partial charge in [0.25, 0.3) is 5.91 Å². The number of carbonyl (C=O) groups excluding carboxylic acids is 3. The van der Waals surface area contributed by atoms with E-state index in [4.69, 9.17) is 4.74 Å². The van der Waals surface area contributed by atoms with Gasteiger partial charge in [-0.25, -0.2) is 0 Å². The van der Waals surface area contributed by atoms with E-state index in [1.165, 1.54) is 6.42 Å². The molecule has 2 amide bonds. The fraction of sp³-hybridized carbons (Fsp3) is 0.609. The Morgan fingerprint density at radius 1 is 1.21 bits per heavy atom. The lowest BCUT2D eigenvalue weighted by Crippen LogP contribution is -2.45. The summed E-state index contributed by atoms with van der Waals surface area (Å²) in [4.78, 5) is 39.1. The van der Waals surface area contributed by atoms with E-state index in [0.29, 0.717) is 24.1 Å². The molecule has 0 unspecified atom stereocenters. The summed E-state index contributed by atoms with van der Waals surface area (Å²) in [5, 5.41) is 2.78. The fourth-order valence-electron chi connectivity index (χ4n) is 4.52. The third-order valence-electron chi connectivity index (χ3n) is 6.57. The van der Waals surface area contributed by atoms with Crippen molar-refractivity contribution in [2.75, 3.05) is 18.5 Å². The van der Waals surface area contributed by atoms with E-state index in [2.05, 4.69) is 19.2 Å². The number of aryl methyl sites for hydroxylation is 2. The number of nitrogens with zero attached hydrogens (tertiary/aromatic N) is 1. The highest BCUT2D eigenvalue weighted by atomic mass is 16.5. The average molecular weight is 401 g/mol. The molecule has 1 N–H and O–H groups in total. The number of anilines is 1. The summed E-state index contributed by atoms with van der Waals surface area (Å²) in [5.41, 5.74) is 2.70. The van der Waals surface area contributed by atoms with Gasteiger partial charge in [-0.15, -0.1) is 0 Å². The number of likely N-dealkylation sites (tertiary alicyclic amines) is 1. The number of nitrogens with one attached hydrogen (secondary N) is 1. The van der Waals surface area contributed by atoms with E-state index in [1.54, 1.807) is 0 Å². The minimum atomic E-state index is -0.486. The van der Waals surface area contributed by atoms with Crippen molar-refractivity contribution in [2.45, 2.75) is 59.4 Å². The zero-order chi connectivity index (χ0) is 21.1. The smallest absolute Gasteiger partial charge is 0.311 e. The van der Waals surface area contributed by atoms with Crippen LogP contribution in [-0.2, 0) is 19.1 Å². The standard InChI is InChI=1S/C23H32N2O4/c1-14-8-9-16(3)19(10-14)24-21(26)13-29-23(28)18-11-22(27)25(12-18)20-7-5-6-15(2)17(20)4/h8-10,15,17-18,20H,5-7,11-13H2,1-4H3,(H,24,26)/t15-,17-,18-,20+/m0/s1. The normalized spacial score (nSPS) is 27.0. The van der Waals surface area contributed by atoms with Crippen molar-refractivity contribution in [1.82, 2.24) is 4.90 Å². The zero-order valence-corrected chi connectivity index (χ0v) is 17.9. The summed E-state index contributed by atoms with van der Waals surface area (Å²) in [6, 6.07) is 6.00. The molecule has 158 valence electrons. The Hall–Kier alpha value is -2.37. The zero-order valence-electron chi connectivity index (χ0n) is 17.9. The third kappa shape index (κ3) is 4.98. The van der Waals surface area contributed by atoms with Crippen LogP contribution in [0.1, 0.15) is 50.7 Å². The molecule has 1 heterocycles. The number of hydrogen-bond acceptors (Lipinski definition) is 4. The summed E-state index contributed by atoms with van der Waals surface area (Å²) in [6.07, 6.45) is 3.49. The van der Waals surface area contributed by atoms with Crippen molar-refractivity contribution >= 4 is 23.5 Å². The van der Waals surface area contributed by atoms with Gasteiger partial charge in [0, 0.05) is 24.7 Å². The van der Waals surface area contributed by atoms with Crippen molar-refractivity contribution < 1.29 is 19.1 Å². The molecule has 0 aromatic heterocycles. The number of hydrogen-bond donors (Lipinski definition) is 1. The van der Waals surface area contributed by atoms with Gasteiger partial charge in [-0.05, 0) is 49.3 Å². The van der Waals surface area contributed by atoms with Gasteiger partial charge in [-0.3, -0.25) is 14.4 Å². The quantitative estimate of drug-likeness (QED) is 0.768. The first-order chi connectivity index (χ1) is 13.8. The Morgan fingerprint density at radius 3 is 2.72 bits per heavy atom. The third-order valence-corrected chi connectivity index (χ3v) is 6.57. The van der Waals surface area contributed by atoms with Crippen LogP contribution in [0, 0.1) is 31.6 Å². The van der Waals surface area contributed by atoms with Gasteiger partial charge in [0.05, 0.1) is 5.92 Å². The van der Waals surface area contributed by atoms with Gasteiger partial charge in [-0.2, -0.15) is 0 Å². The molecule has 6 nitrogen and oxygen atoms in total. The summed E-state index contributed by atoms with van der Waals surface area (Å²) in [5.74, 6) is -0.276. The summed E-state index contributed by atoms with van der Waals surface area (Å²) < 4.78 is 5.23. The maximum atomic E-state index is 12.5. The maximum absolute atomic E-state index is 12.5. The van der Waals surface area contributed by atoms with Crippen molar-refractivity contribution in [3.05, 3.63) is 29.3 Å². The van der Waals surface area contributed by atoms with Crippen molar-refractivity contribution in [1.29, 1.82) is 0 Å². The van der Waals surface area contributed by atoms with E-state index >= 15 is 0 Å². The highest BCUT2D eigenvalue weighted by Gasteiger charge is 2.42. The lowest BCUT2D eigenvalue weighted by Gasteiger charge is -2.39. The van der Waals surface area contributed by atoms with Crippen molar-refractivity contribution in [3.8, 4) is 0 Å². The van der Waals surface area contributed by atoms with E-state index in [1.807, 2.05) is 36.9 Å². The van der Waals surface area contributed by atoms with Crippen LogP contribution in [0.15, 0.2) is 18.2 Å². The Kier molecular flexibility index (Phi) is 6.60. The van der Waals surface area contributed by atoms with Gasteiger partial charge in [0.2, 0.25) is 5.91 Å². The minimum absolute atomic E-state index is 0.0257. The molecule has 4 atom stereocenters. The molecule has 3 rings (SSSR count). The molecule has 29 heavy (non-hydrogen) atoms. The van der Waals surface area contributed by atoms with Gasteiger partial charge < -0.3 is 15.0 Å². The number of benzene rings is 1. The number of ether oxygens (including phenoxy) is 1. The lowest BCUT2D eigenvalue weighted by molar-refractivity contribution is -0.151. The van der Waals surface area contributed by atoms with Crippen LogP contribution in [0.4, 0.5) is 5.69 Å². The van der Waals surface area contributed by atoms with Crippen LogP contribution in [-0.4, -0.2) is 41.9 Å². The number of esters is 1. The first-order valence-corrected chi connectivity index (χ1v) is 10.6. The molecule has 1 aromatic carbocycles. The van der Waals surface area contributed by atoms with E-state index in [9.17, 15) is 14.4 Å². The van der Waals surface area contributed by atoms with Crippen LogP contribution in [0.25, 0.3) is 0 Å². The molecular weight excluding hydrogens is 368 g/mol. The van der Waals surface area contributed by atoms with Crippen molar-refractivity contribution in [2.24, 2.45) is 17.8 Å². The average Bonchev–Trinajstić information content (AvgIpc) is 3.06. The predicted molar refractivity (Wildman–Crippen MR) is 111 cm³/mol. The lowest BCUT2D eigenvalue weighted by atomic mass is 9.77. The van der Waals surface area contributed by atoms with Crippen LogP contribution >= 0.6 is 0 Å². The minimum Gasteiger partial charge on any atom is -0.455 e. The molecule has 2 fully saturated rings. The van der Waals surface area contributed by atoms with Crippen LogP contribution < -0.4 is 5.32 Å². The monoisotopic (exact) mass is 400 g/mol. The molecule has 1 saturated heterocycles. The number of carbonyl (C=O) groups is 3. The topological polar surface area (TPSA) is 75.7 Å². The molecule has 0 radical (unpaired) electrons. The van der Waals surface area contributed by atoms with Crippen LogP contribution in [0.2, 0.25) is 0 Å². The van der Waals surface area contributed by atoms with Gasteiger partial charge in [0.1, 0.15) is 0 Å². The van der Waals surface area contributed by atoms with E-state index in [-0.39, 0.29) is 30.9 Å². The SMILES string of the molecule is Cc1ccc(C)c(NC(=O)COC(=O)[C@H]2CC(=O)N([C@@H]3CCC[C@H](C)[C@@H]3C)C2)c1. The Bertz CT molecular complexity index is 791. The molecule has 1 aliphatic heterocycles. The molecule has 1 aliphatic carbocycles. The molecule has 0 spiro atoms. The highest BCUT2D eigenvalue weighted by Crippen LogP contribution is 2.35. The van der Waals surface area contributed by atoms with E-state index in [0.717, 1.165) is 24.0 Å². The van der Waals surface area contributed by atoms with Crippen LogP contribution in [0.3, 0.4) is 0 Å². The molecular formula is C23H32N2O4. The largest absolute Gasteiger partial charge is 0.455 e. The van der Waals surface area contributed by atoms with E-state index < -0.39 is 11.9 Å². The maximum Gasteiger partial charge on any atom is 0.311 e. The summed E-state index contributed by atoms with van der Waals surface area (Å²) in [7, 11) is 0. The second kappa shape index (κ2) is 8.97. The second-order valence-electron chi connectivity index (χ2n) is 8.76. The second-order valence-corrected chi connectivity index (χ2v) is 8.76. The Morgan fingerprint density at radius 2 is 1.97 bits per heavy atom. The molecule has 1 aromatic rings. The van der Waals surface area contributed by atoms with Gasteiger partial charge >= 0.3 is 5.97 Å². The summed E-state index contributed by atoms with van der Waals surface area (Å²) >= 11 is 0. The van der Waals surface area contributed by atoms with Crippen LogP contribution in [0.5, 0.6) is 0 Å². The summed E-state index contributed by atoms with van der Waals surface area (Å²) in [6.45, 7) is 8.35. The predicted octanol–water partition coefficient (Wildman–Crippen LogP) is 3.46. The fourth-order valence-corrected chi connectivity index (χ4v) is 4.52. The highest BCUT2D eigenvalue weighted by molar-refractivity contribution is 5.94. The molecule has 6 heteroatoms. The Labute approximate surface area is 173 Å². The Balaban J connectivity index is 1.51. The molecule has 2 aliphatic rings. The van der Waals surface area contributed by atoms with Crippen molar-refractivity contribution in [3.63, 3.8) is 0 Å². The first kappa shape index (κ1) is 21.3. The van der Waals surface area contributed by atoms with Gasteiger partial charge in [0.15, 0.2) is 6.61 Å². The molecule has 0 bridgehead atoms. The number of rotatable bonds is 5.